The quantitative estimate of drug-likeness (QED) is 0.274. The van der Waals surface area contributed by atoms with Gasteiger partial charge >= 0.3 is 97.9 Å². The summed E-state index contributed by atoms with van der Waals surface area (Å²) in [5.41, 5.74) is 0. The first-order valence-electron chi connectivity index (χ1n) is 5.76. The van der Waals surface area contributed by atoms with Crippen molar-refractivity contribution in [3.63, 3.8) is 0 Å². The van der Waals surface area contributed by atoms with E-state index in [0.29, 0.717) is 26.4 Å². The zero-order chi connectivity index (χ0) is 12.3. The van der Waals surface area contributed by atoms with E-state index in [1.54, 1.807) is 6.27 Å². The molecule has 0 unspecified atom stereocenters. The molecule has 0 heterocycles. The van der Waals surface area contributed by atoms with E-state index in [4.69, 9.17) is 13.3 Å². The summed E-state index contributed by atoms with van der Waals surface area (Å²) in [6.45, 7) is 8.11. The number of rotatable bonds is 10. The summed E-state index contributed by atoms with van der Waals surface area (Å²) < 4.78 is 27.0. The van der Waals surface area contributed by atoms with Crippen LogP contribution in [0.1, 0.15) is 27.2 Å². The van der Waals surface area contributed by atoms with Crippen molar-refractivity contribution >= 4 is 8.80 Å². The molecule has 0 aliphatic rings. The molecule has 0 fully saturated rings. The topological polar surface area (TPSA) is 59.6 Å². The Kier molecular flexibility index (Phi) is 9.61. The predicted molar refractivity (Wildman–Crippen MR) is 62.6 cm³/mol. The molecule has 94 valence electrons. The molecule has 16 heavy (non-hydrogen) atoms. The molecule has 0 saturated heterocycles. The zero-order valence-electron chi connectivity index (χ0n) is 10.4. The van der Waals surface area contributed by atoms with E-state index in [-0.39, 0.29) is 0 Å². The zero-order valence-corrected chi connectivity index (χ0v) is 11.4. The van der Waals surface area contributed by atoms with Crippen molar-refractivity contribution in [3.8, 4) is 6.27 Å². The maximum atomic E-state index is 9.99. The SMILES string of the molecule is CCO[Si](CCCNC#[O+])(OCC)OCC. The second kappa shape index (κ2) is 9.83. The van der Waals surface area contributed by atoms with Crippen molar-refractivity contribution in [1.29, 1.82) is 0 Å². The third-order valence-electron chi connectivity index (χ3n) is 1.95. The van der Waals surface area contributed by atoms with Crippen LogP contribution in [0, 0.1) is 6.27 Å². The van der Waals surface area contributed by atoms with Crippen LogP contribution in [0.5, 0.6) is 0 Å². The average molecular weight is 248 g/mol. The van der Waals surface area contributed by atoms with Gasteiger partial charge in [-0.25, -0.2) is 0 Å². The predicted octanol–water partition coefficient (Wildman–Crippen LogP) is 1.36. The fourth-order valence-corrected chi connectivity index (χ4v) is 4.06. The molecule has 0 aromatic rings. The first-order valence-corrected chi connectivity index (χ1v) is 7.69. The number of nitrogens with one attached hydrogen (secondary N) is 1. The summed E-state index contributed by atoms with van der Waals surface area (Å²) in [5.74, 6) is 0. The number of hydrogen-bond donors (Lipinski definition) is 1. The molecule has 0 amide bonds. The Morgan fingerprint density at radius 2 is 1.56 bits per heavy atom. The first-order chi connectivity index (χ1) is 7.74. The monoisotopic (exact) mass is 248 g/mol. The molecule has 0 saturated carbocycles. The van der Waals surface area contributed by atoms with Crippen LogP contribution in [-0.2, 0) is 17.9 Å². The van der Waals surface area contributed by atoms with Crippen LogP contribution < -0.4 is 5.32 Å². The van der Waals surface area contributed by atoms with E-state index >= 15 is 0 Å². The minimum absolute atomic E-state index is 0.575. The summed E-state index contributed by atoms with van der Waals surface area (Å²) in [4.78, 5) is 0. The molecule has 0 bridgehead atoms. The van der Waals surface area contributed by atoms with Crippen molar-refractivity contribution in [2.45, 2.75) is 33.2 Å². The Labute approximate surface area is 98.5 Å². The molecule has 0 atom stereocenters. The Morgan fingerprint density at radius 3 is 1.94 bits per heavy atom. The van der Waals surface area contributed by atoms with Crippen LogP contribution in [0.3, 0.4) is 0 Å². The fraction of sp³-hybridized carbons (Fsp3) is 0.900. The van der Waals surface area contributed by atoms with E-state index in [1.165, 1.54) is 0 Å². The molecule has 0 spiro atoms. The van der Waals surface area contributed by atoms with E-state index in [1.807, 2.05) is 20.8 Å². The third kappa shape index (κ3) is 6.27. The summed E-state index contributed by atoms with van der Waals surface area (Å²) in [7, 11) is -2.52. The summed E-state index contributed by atoms with van der Waals surface area (Å²) in [5, 5.41) is 2.50. The Hall–Kier alpha value is -0.363. The van der Waals surface area contributed by atoms with Gasteiger partial charge in [-0.1, -0.05) is 0 Å². The Balaban J connectivity index is 4.18. The van der Waals surface area contributed by atoms with Crippen LogP contribution >= 0.6 is 0 Å². The van der Waals surface area contributed by atoms with Gasteiger partial charge in [-0.2, -0.15) is 0 Å². The first kappa shape index (κ1) is 15.6. The summed E-state index contributed by atoms with van der Waals surface area (Å²) >= 11 is 0. The minimum atomic E-state index is -2.52. The second-order valence-electron chi connectivity index (χ2n) is 3.11. The van der Waals surface area contributed by atoms with Crippen LogP contribution in [0.4, 0.5) is 0 Å². The molecule has 6 heteroatoms. The van der Waals surface area contributed by atoms with Crippen molar-refractivity contribution in [2.24, 2.45) is 0 Å². The van der Waals surface area contributed by atoms with Gasteiger partial charge in [0, 0.05) is 0 Å². The van der Waals surface area contributed by atoms with Gasteiger partial charge in [0.1, 0.15) is 0 Å². The van der Waals surface area contributed by atoms with Gasteiger partial charge in [-0.05, 0) is 0 Å². The Morgan fingerprint density at radius 1 is 1.06 bits per heavy atom. The normalized spacial score (nSPS) is 11.1. The van der Waals surface area contributed by atoms with Gasteiger partial charge in [0.15, 0.2) is 0 Å². The maximum absolute atomic E-state index is 9.99. The van der Waals surface area contributed by atoms with Crippen molar-refractivity contribution < 1.29 is 17.9 Å². The molecular formula is C10H22NO4Si+. The van der Waals surface area contributed by atoms with Crippen LogP contribution in [0.2, 0.25) is 6.04 Å². The van der Waals surface area contributed by atoms with Gasteiger partial charge in [0.2, 0.25) is 0 Å². The average Bonchev–Trinajstić information content (AvgIpc) is 2.26. The summed E-state index contributed by atoms with van der Waals surface area (Å²) in [6.07, 6.45) is 2.42. The van der Waals surface area contributed by atoms with Crippen LogP contribution in [0.25, 0.3) is 0 Å². The Bertz CT molecular complexity index is 190. The van der Waals surface area contributed by atoms with E-state index in [9.17, 15) is 4.65 Å². The molecule has 0 aliphatic carbocycles. The molecular weight excluding hydrogens is 226 g/mol. The van der Waals surface area contributed by atoms with Gasteiger partial charge in [0.25, 0.3) is 0 Å². The van der Waals surface area contributed by atoms with Gasteiger partial charge in [0.05, 0.1) is 0 Å². The molecule has 0 rings (SSSR count). The van der Waals surface area contributed by atoms with E-state index in [2.05, 4.69) is 5.32 Å². The second-order valence-corrected chi connectivity index (χ2v) is 5.85. The van der Waals surface area contributed by atoms with Crippen LogP contribution in [-0.4, -0.2) is 35.2 Å². The molecule has 0 aliphatic heterocycles. The fourth-order valence-electron chi connectivity index (χ4n) is 1.45. The van der Waals surface area contributed by atoms with Crippen molar-refractivity contribution in [1.82, 2.24) is 5.32 Å². The van der Waals surface area contributed by atoms with Gasteiger partial charge in [-0.15, -0.1) is 0 Å². The summed E-state index contributed by atoms with van der Waals surface area (Å²) in [6, 6.07) is 0.719. The molecule has 5 nitrogen and oxygen atoms in total. The van der Waals surface area contributed by atoms with Gasteiger partial charge < -0.3 is 0 Å². The van der Waals surface area contributed by atoms with Gasteiger partial charge in [-0.3, -0.25) is 0 Å². The molecule has 0 aromatic heterocycles. The molecule has 0 aromatic carbocycles. The van der Waals surface area contributed by atoms with Crippen molar-refractivity contribution in [2.75, 3.05) is 26.4 Å². The molecule has 0 radical (unpaired) electrons. The van der Waals surface area contributed by atoms with E-state index < -0.39 is 8.80 Å². The van der Waals surface area contributed by atoms with Crippen molar-refractivity contribution in [3.05, 3.63) is 0 Å². The third-order valence-corrected chi connectivity index (χ3v) is 5.10. The standard InChI is InChI=1S/C10H22NO4Si/c1-4-13-16(14-5-2,15-6-3)9-7-8-11-10-12/h11H,4-9H2,1-3H3/q+1. The van der Waals surface area contributed by atoms with Crippen LogP contribution in [0.15, 0.2) is 0 Å². The number of hydrogen-bond acceptors (Lipinski definition) is 4. The van der Waals surface area contributed by atoms with E-state index in [0.717, 1.165) is 12.5 Å². The molecule has 1 N–H and O–H groups in total.